The summed E-state index contributed by atoms with van der Waals surface area (Å²) in [6, 6.07) is 29.9. The fourth-order valence-electron chi connectivity index (χ4n) is 5.76. The third-order valence-corrected chi connectivity index (χ3v) is 16.3. The van der Waals surface area contributed by atoms with Crippen LogP contribution in [0.4, 0.5) is 0 Å². The van der Waals surface area contributed by atoms with E-state index in [1.54, 1.807) is 0 Å². The van der Waals surface area contributed by atoms with Gasteiger partial charge in [-0.25, -0.2) is 0 Å². The second-order valence-electron chi connectivity index (χ2n) is 13.3. The van der Waals surface area contributed by atoms with Crippen molar-refractivity contribution in [3.63, 3.8) is 0 Å². The molecule has 1 aromatic heterocycles. The van der Waals surface area contributed by atoms with Crippen LogP contribution < -0.4 is 8.79 Å². The van der Waals surface area contributed by atoms with Crippen molar-refractivity contribution >= 4 is 38.6 Å². The maximum absolute atomic E-state index is 11.7. The first-order valence-corrected chi connectivity index (χ1v) is 22.6. The Hall–Kier alpha value is -2.53. The van der Waals surface area contributed by atoms with Crippen molar-refractivity contribution in [1.29, 1.82) is 0 Å². The Kier molecular flexibility index (Phi) is 15.0. The Morgan fingerprint density at radius 2 is 1.42 bits per heavy atom. The van der Waals surface area contributed by atoms with Gasteiger partial charge in [0.05, 0.1) is 5.76 Å². The molecule has 1 N–H and O–H groups in total. The Morgan fingerprint density at radius 3 is 2.00 bits per heavy atom. The van der Waals surface area contributed by atoms with Crippen LogP contribution in [0.2, 0.25) is 11.5 Å². The Morgan fingerprint density at radius 1 is 0.844 bits per heavy atom. The number of nitrogens with zero attached hydrogens (tertiary/aromatic N) is 1. The summed E-state index contributed by atoms with van der Waals surface area (Å²) in [6.45, 7) is 14.9. The van der Waals surface area contributed by atoms with E-state index in [4.69, 9.17) is 4.98 Å². The van der Waals surface area contributed by atoms with E-state index >= 15 is 0 Å². The largest absolute Gasteiger partial charge is 0.512 e. The third-order valence-electron chi connectivity index (χ3n) is 8.92. The monoisotopic (exact) mass is 845 g/mol. The van der Waals surface area contributed by atoms with Crippen molar-refractivity contribution in [2.75, 3.05) is 0 Å². The SMILES string of the molecule is CC(C)(C)c1cc(-c2c[c]([Ge]([CH3])([CH3])[c]3ccccc3)ccn2)[c-]c2ccccc12.CCC(CC)C(=O)/C=C(\O)C(CC)CC.[Ir]. The van der Waals surface area contributed by atoms with Gasteiger partial charge in [0.25, 0.3) is 0 Å². The second-order valence-corrected chi connectivity index (χ2v) is 22.6. The molecular formula is C40H52GeIrNO2-. The quantitative estimate of drug-likeness (QED) is 0.0750. The smallest absolute Gasteiger partial charge is 0.162 e. The van der Waals surface area contributed by atoms with Crippen LogP contribution in [0.3, 0.4) is 0 Å². The summed E-state index contributed by atoms with van der Waals surface area (Å²) < 4.78 is 2.93. The van der Waals surface area contributed by atoms with Gasteiger partial charge in [-0.15, -0.1) is 0 Å². The molecule has 4 aromatic rings. The van der Waals surface area contributed by atoms with Gasteiger partial charge >= 0.3 is 177 Å². The molecule has 0 unspecified atom stereocenters. The van der Waals surface area contributed by atoms with Crippen LogP contribution in [-0.4, -0.2) is 29.1 Å². The number of carbonyl (C=O) groups is 1. The maximum Gasteiger partial charge on any atom is 0.162 e. The topological polar surface area (TPSA) is 50.2 Å². The minimum Gasteiger partial charge on any atom is -0.512 e. The number of ketones is 1. The molecule has 0 fully saturated rings. The van der Waals surface area contributed by atoms with Gasteiger partial charge in [-0.2, -0.15) is 0 Å². The van der Waals surface area contributed by atoms with Crippen molar-refractivity contribution < 1.29 is 30.0 Å². The molecule has 0 spiro atoms. The number of fused-ring (bicyclic) bond motifs is 1. The van der Waals surface area contributed by atoms with Gasteiger partial charge in [-0.1, -0.05) is 27.7 Å². The fourth-order valence-corrected chi connectivity index (χ4v) is 10.7. The van der Waals surface area contributed by atoms with Crippen LogP contribution in [0.15, 0.2) is 90.8 Å². The molecule has 5 heteroatoms. The van der Waals surface area contributed by atoms with Crippen LogP contribution in [0.25, 0.3) is 22.0 Å². The molecule has 0 aliphatic heterocycles. The van der Waals surface area contributed by atoms with Crippen molar-refractivity contribution in [2.24, 2.45) is 11.8 Å². The minimum atomic E-state index is -2.37. The van der Waals surface area contributed by atoms with Crippen LogP contribution >= 0.6 is 0 Å². The van der Waals surface area contributed by atoms with E-state index in [9.17, 15) is 9.90 Å². The summed E-state index contributed by atoms with van der Waals surface area (Å²) in [5.41, 5.74) is 3.51. The number of allylic oxidation sites excluding steroid dienone is 2. The average Bonchev–Trinajstić information content (AvgIpc) is 3.02. The molecule has 0 saturated carbocycles. The second kappa shape index (κ2) is 17.4. The Balaban J connectivity index is 0.000000378. The summed E-state index contributed by atoms with van der Waals surface area (Å²) in [5, 5.41) is 12.2. The van der Waals surface area contributed by atoms with Crippen LogP contribution in [0, 0.1) is 17.9 Å². The molecule has 0 atom stereocenters. The molecule has 0 saturated heterocycles. The molecule has 4 rings (SSSR count). The summed E-state index contributed by atoms with van der Waals surface area (Å²) in [6.07, 6.45) is 6.88. The summed E-state index contributed by atoms with van der Waals surface area (Å²) in [5.74, 6) is 5.46. The van der Waals surface area contributed by atoms with E-state index in [1.807, 2.05) is 33.9 Å². The number of hydrogen-bond donors (Lipinski definition) is 1. The number of pyridine rings is 1. The van der Waals surface area contributed by atoms with E-state index in [0.717, 1.165) is 42.3 Å². The number of hydrogen-bond acceptors (Lipinski definition) is 3. The summed E-state index contributed by atoms with van der Waals surface area (Å²) in [4.78, 5) is 16.5. The molecule has 0 aliphatic carbocycles. The molecule has 45 heavy (non-hydrogen) atoms. The van der Waals surface area contributed by atoms with Gasteiger partial charge in [-0.3, -0.25) is 4.79 Å². The molecule has 3 nitrogen and oxygen atoms in total. The Bertz CT molecular complexity index is 1550. The first-order chi connectivity index (χ1) is 20.9. The van der Waals surface area contributed by atoms with Crippen LogP contribution in [-0.2, 0) is 30.3 Å². The fraction of sp³-hybridized carbons (Fsp3) is 0.400. The number of carbonyl (C=O) groups excluding carboxylic acids is 1. The van der Waals surface area contributed by atoms with Gasteiger partial charge in [-0.05, 0) is 25.7 Å². The van der Waals surface area contributed by atoms with Crippen molar-refractivity contribution in [2.45, 2.75) is 91.1 Å². The van der Waals surface area contributed by atoms with Crippen molar-refractivity contribution in [3.8, 4) is 11.3 Å². The molecule has 3 aromatic carbocycles. The normalized spacial score (nSPS) is 12.1. The van der Waals surface area contributed by atoms with E-state index in [-0.39, 0.29) is 48.9 Å². The molecule has 1 radical (unpaired) electrons. The summed E-state index contributed by atoms with van der Waals surface area (Å²) in [7, 11) is 0. The predicted octanol–water partition coefficient (Wildman–Crippen LogP) is 9.69. The first-order valence-electron chi connectivity index (χ1n) is 16.3. The van der Waals surface area contributed by atoms with E-state index in [2.05, 4.69) is 111 Å². The van der Waals surface area contributed by atoms with Gasteiger partial charge in [0.1, 0.15) is 0 Å². The predicted molar refractivity (Wildman–Crippen MR) is 192 cm³/mol. The summed E-state index contributed by atoms with van der Waals surface area (Å²) >= 11 is -2.37. The molecule has 243 valence electrons. The van der Waals surface area contributed by atoms with Gasteiger partial charge in [0, 0.05) is 38.0 Å². The van der Waals surface area contributed by atoms with E-state index in [0.29, 0.717) is 0 Å². The number of benzene rings is 3. The third kappa shape index (κ3) is 9.98. The van der Waals surface area contributed by atoms with E-state index in [1.165, 1.54) is 25.8 Å². The molecule has 0 bridgehead atoms. The van der Waals surface area contributed by atoms with Crippen LogP contribution in [0.5, 0.6) is 0 Å². The maximum atomic E-state index is 11.7. The van der Waals surface area contributed by atoms with E-state index < -0.39 is 13.3 Å². The van der Waals surface area contributed by atoms with Crippen molar-refractivity contribution in [3.05, 3.63) is 102 Å². The minimum absolute atomic E-state index is 0. The van der Waals surface area contributed by atoms with Gasteiger partial charge < -0.3 is 5.11 Å². The average molecular weight is 844 g/mol. The van der Waals surface area contributed by atoms with Gasteiger partial charge in [0.2, 0.25) is 0 Å². The number of aliphatic hydroxyl groups is 1. The Labute approximate surface area is 288 Å². The molecule has 0 aliphatic rings. The zero-order chi connectivity index (χ0) is 32.5. The van der Waals surface area contributed by atoms with Crippen LogP contribution in [0.1, 0.15) is 79.7 Å². The molecule has 0 amide bonds. The standard InChI is InChI=1S/C27H28GeN.C13H24O2.Ir/c1-27(2,3)25-18-21(17-20-11-9-10-14-24(20)25)26-19-23(15-16-29-26)28(4,5)22-12-7-6-8-13-22;1-5-10(6-2)12(14)9-13(15)11(7-3)8-4;/h6-16,18-19H,1-5H3;9-11,14H,5-8H2,1-4H3;/q-1;;/b;12-9-;. The molecular weight excluding hydrogens is 791 g/mol. The first kappa shape index (κ1) is 38.7. The number of rotatable bonds is 10. The zero-order valence-electron chi connectivity index (χ0n) is 28.7. The number of aliphatic hydroxyl groups excluding tert-OH is 1. The van der Waals surface area contributed by atoms with Crippen molar-refractivity contribution in [1.82, 2.24) is 4.98 Å². The number of aromatic nitrogens is 1. The zero-order valence-corrected chi connectivity index (χ0v) is 33.2. The van der Waals surface area contributed by atoms with Gasteiger partial charge in [0.15, 0.2) is 5.78 Å². The molecule has 1 heterocycles.